The van der Waals surface area contributed by atoms with Gasteiger partial charge in [0.05, 0.1) is 6.10 Å². The Hall–Kier alpha value is -0.0900. The molecule has 2 fully saturated rings. The maximum atomic E-state index is 12.2. The van der Waals surface area contributed by atoms with E-state index in [2.05, 4.69) is 27.8 Å². The van der Waals surface area contributed by atoms with Gasteiger partial charge in [-0.2, -0.15) is 0 Å². The van der Waals surface area contributed by atoms with Crippen LogP contribution in [-0.2, 0) is 9.53 Å². The fourth-order valence-electron chi connectivity index (χ4n) is 2.85. The van der Waals surface area contributed by atoms with Gasteiger partial charge >= 0.3 is 0 Å². The molecule has 17 heavy (non-hydrogen) atoms. The standard InChI is InChI=1S/C13H22BrNO2/c1-10-6-7-15(12(10)9-14)13(16)5-4-11-3-2-8-17-11/h10-12H,2-9H2,1H3. The van der Waals surface area contributed by atoms with Gasteiger partial charge in [0.1, 0.15) is 0 Å². The molecule has 2 rings (SSSR count). The predicted octanol–water partition coefficient (Wildman–Crippen LogP) is 2.58. The van der Waals surface area contributed by atoms with Gasteiger partial charge in [0.2, 0.25) is 5.91 Å². The Bertz CT molecular complexity index is 266. The summed E-state index contributed by atoms with van der Waals surface area (Å²) in [6.45, 7) is 4.05. The number of ether oxygens (including phenoxy) is 1. The first-order valence-corrected chi connectivity index (χ1v) is 7.81. The zero-order chi connectivity index (χ0) is 12.3. The van der Waals surface area contributed by atoms with Crippen LogP contribution in [0.2, 0.25) is 0 Å². The van der Waals surface area contributed by atoms with Gasteiger partial charge in [-0.3, -0.25) is 4.79 Å². The van der Waals surface area contributed by atoms with E-state index in [0.717, 1.165) is 44.2 Å². The highest BCUT2D eigenvalue weighted by molar-refractivity contribution is 9.09. The second-order valence-electron chi connectivity index (χ2n) is 5.25. The summed E-state index contributed by atoms with van der Waals surface area (Å²) >= 11 is 3.52. The molecule has 1 amide bonds. The van der Waals surface area contributed by atoms with Gasteiger partial charge in [-0.25, -0.2) is 0 Å². The molecule has 2 aliphatic rings. The largest absolute Gasteiger partial charge is 0.378 e. The number of carbonyl (C=O) groups excluding carboxylic acids is 1. The van der Waals surface area contributed by atoms with Crippen LogP contribution in [0.3, 0.4) is 0 Å². The molecule has 4 heteroatoms. The molecule has 0 aromatic rings. The number of halogens is 1. The van der Waals surface area contributed by atoms with Crippen molar-refractivity contribution in [3.05, 3.63) is 0 Å². The van der Waals surface area contributed by atoms with Crippen molar-refractivity contribution in [3.63, 3.8) is 0 Å². The molecule has 2 heterocycles. The van der Waals surface area contributed by atoms with Crippen molar-refractivity contribution in [2.24, 2.45) is 5.92 Å². The van der Waals surface area contributed by atoms with Crippen molar-refractivity contribution in [1.29, 1.82) is 0 Å². The number of hydrogen-bond acceptors (Lipinski definition) is 2. The molecule has 0 bridgehead atoms. The molecule has 0 N–H and O–H groups in total. The lowest BCUT2D eigenvalue weighted by Crippen LogP contribution is -2.38. The highest BCUT2D eigenvalue weighted by Crippen LogP contribution is 2.27. The lowest BCUT2D eigenvalue weighted by Gasteiger charge is -2.25. The van der Waals surface area contributed by atoms with Gasteiger partial charge in [-0.1, -0.05) is 22.9 Å². The van der Waals surface area contributed by atoms with Crippen LogP contribution in [0.5, 0.6) is 0 Å². The zero-order valence-electron chi connectivity index (χ0n) is 10.5. The molecule has 3 unspecified atom stereocenters. The third-order valence-electron chi connectivity index (χ3n) is 4.07. The molecule has 2 aliphatic heterocycles. The number of rotatable bonds is 4. The van der Waals surface area contributed by atoms with E-state index in [9.17, 15) is 4.79 Å². The average molecular weight is 304 g/mol. The minimum atomic E-state index is 0.314. The number of carbonyl (C=O) groups is 1. The summed E-state index contributed by atoms with van der Waals surface area (Å²) in [5.74, 6) is 0.940. The maximum Gasteiger partial charge on any atom is 0.222 e. The maximum absolute atomic E-state index is 12.2. The van der Waals surface area contributed by atoms with Gasteiger partial charge in [-0.15, -0.1) is 0 Å². The summed E-state index contributed by atoms with van der Waals surface area (Å²) in [5, 5.41) is 0.903. The highest BCUT2D eigenvalue weighted by Gasteiger charge is 2.33. The SMILES string of the molecule is CC1CCN(C(=O)CCC2CCCO2)C1CBr. The number of alkyl halides is 1. The normalized spacial score (nSPS) is 33.3. The Labute approximate surface area is 112 Å². The van der Waals surface area contributed by atoms with Crippen LogP contribution in [0, 0.1) is 5.92 Å². The number of hydrogen-bond donors (Lipinski definition) is 0. The molecule has 0 saturated carbocycles. The summed E-state index contributed by atoms with van der Waals surface area (Å²) in [5.41, 5.74) is 0. The van der Waals surface area contributed by atoms with Gasteiger partial charge in [0, 0.05) is 30.9 Å². The fraction of sp³-hybridized carbons (Fsp3) is 0.923. The monoisotopic (exact) mass is 303 g/mol. The Balaban J connectivity index is 1.78. The van der Waals surface area contributed by atoms with E-state index in [1.54, 1.807) is 0 Å². The highest BCUT2D eigenvalue weighted by atomic mass is 79.9. The lowest BCUT2D eigenvalue weighted by molar-refractivity contribution is -0.132. The van der Waals surface area contributed by atoms with Gasteiger partial charge in [-0.05, 0) is 31.6 Å². The molecule has 2 saturated heterocycles. The summed E-state index contributed by atoms with van der Waals surface area (Å²) in [6, 6.07) is 0.395. The molecular formula is C13H22BrNO2. The van der Waals surface area contributed by atoms with Crippen molar-refractivity contribution in [2.75, 3.05) is 18.5 Å². The molecular weight excluding hydrogens is 282 g/mol. The third kappa shape index (κ3) is 3.22. The van der Waals surface area contributed by atoms with E-state index in [1.807, 2.05) is 0 Å². The Kier molecular flexibility index (Phi) is 4.86. The smallest absolute Gasteiger partial charge is 0.222 e. The van der Waals surface area contributed by atoms with Crippen molar-refractivity contribution in [2.45, 2.75) is 51.2 Å². The third-order valence-corrected chi connectivity index (χ3v) is 4.73. The van der Waals surface area contributed by atoms with Crippen LogP contribution in [0.15, 0.2) is 0 Å². The number of nitrogens with zero attached hydrogens (tertiary/aromatic N) is 1. The van der Waals surface area contributed by atoms with Crippen molar-refractivity contribution in [1.82, 2.24) is 4.90 Å². The summed E-state index contributed by atoms with van der Waals surface area (Å²) in [6.07, 6.45) is 5.32. The molecule has 98 valence electrons. The van der Waals surface area contributed by atoms with Gasteiger partial charge in [0.15, 0.2) is 0 Å². The van der Waals surface area contributed by atoms with E-state index in [1.165, 1.54) is 0 Å². The predicted molar refractivity (Wildman–Crippen MR) is 71.3 cm³/mol. The second kappa shape index (κ2) is 6.19. The fourth-order valence-corrected chi connectivity index (χ4v) is 3.84. The van der Waals surface area contributed by atoms with Crippen molar-refractivity contribution >= 4 is 21.8 Å². The molecule has 0 aliphatic carbocycles. The zero-order valence-corrected chi connectivity index (χ0v) is 12.1. The van der Waals surface area contributed by atoms with E-state index in [0.29, 0.717) is 30.4 Å². The number of amides is 1. The molecule has 0 aromatic carbocycles. The van der Waals surface area contributed by atoms with Crippen molar-refractivity contribution < 1.29 is 9.53 Å². The van der Waals surface area contributed by atoms with Crippen LogP contribution in [0.25, 0.3) is 0 Å². The quantitative estimate of drug-likeness (QED) is 0.747. The van der Waals surface area contributed by atoms with Crippen LogP contribution in [0.4, 0.5) is 0 Å². The van der Waals surface area contributed by atoms with E-state index in [-0.39, 0.29) is 0 Å². The molecule has 0 spiro atoms. The van der Waals surface area contributed by atoms with Gasteiger partial charge < -0.3 is 9.64 Å². The molecule has 0 radical (unpaired) electrons. The Morgan fingerprint density at radius 3 is 2.94 bits per heavy atom. The van der Waals surface area contributed by atoms with Crippen LogP contribution in [-0.4, -0.2) is 41.4 Å². The van der Waals surface area contributed by atoms with Crippen LogP contribution >= 0.6 is 15.9 Å². The van der Waals surface area contributed by atoms with Crippen LogP contribution < -0.4 is 0 Å². The number of likely N-dealkylation sites (tertiary alicyclic amines) is 1. The van der Waals surface area contributed by atoms with E-state index in [4.69, 9.17) is 4.74 Å². The first kappa shape index (κ1) is 13.3. The molecule has 0 aromatic heterocycles. The van der Waals surface area contributed by atoms with Gasteiger partial charge in [0.25, 0.3) is 0 Å². The van der Waals surface area contributed by atoms with E-state index >= 15 is 0 Å². The first-order valence-electron chi connectivity index (χ1n) is 6.69. The minimum Gasteiger partial charge on any atom is -0.378 e. The topological polar surface area (TPSA) is 29.5 Å². The average Bonchev–Trinajstić information content (AvgIpc) is 2.94. The lowest BCUT2D eigenvalue weighted by atomic mass is 10.0. The second-order valence-corrected chi connectivity index (χ2v) is 5.90. The van der Waals surface area contributed by atoms with Crippen molar-refractivity contribution in [3.8, 4) is 0 Å². The molecule has 3 nitrogen and oxygen atoms in total. The minimum absolute atomic E-state index is 0.314. The Morgan fingerprint density at radius 1 is 1.47 bits per heavy atom. The molecule has 3 atom stereocenters. The summed E-state index contributed by atoms with van der Waals surface area (Å²) < 4.78 is 5.56. The van der Waals surface area contributed by atoms with E-state index < -0.39 is 0 Å². The summed E-state index contributed by atoms with van der Waals surface area (Å²) in [4.78, 5) is 14.2. The van der Waals surface area contributed by atoms with Crippen LogP contribution in [0.1, 0.15) is 39.0 Å². The Morgan fingerprint density at radius 2 is 2.29 bits per heavy atom. The summed E-state index contributed by atoms with van der Waals surface area (Å²) in [7, 11) is 0. The first-order chi connectivity index (χ1) is 8.22.